The predicted octanol–water partition coefficient (Wildman–Crippen LogP) is 6.21. The highest BCUT2D eigenvalue weighted by atomic mass is 31.2. The second kappa shape index (κ2) is 8.32. The lowest BCUT2D eigenvalue weighted by molar-refractivity contribution is 0.414. The Morgan fingerprint density at radius 1 is 0.733 bits per heavy atom. The van der Waals surface area contributed by atoms with Crippen LogP contribution in [0.15, 0.2) is 60.7 Å². The van der Waals surface area contributed by atoms with Crippen LogP contribution in [-0.2, 0) is 9.72 Å². The first-order valence-corrected chi connectivity index (χ1v) is 12.3. The van der Waals surface area contributed by atoms with Crippen LogP contribution in [0.25, 0.3) is 0 Å². The maximum Gasteiger partial charge on any atom is 0.127 e. The quantitative estimate of drug-likeness (QED) is 0.443. The van der Waals surface area contributed by atoms with Gasteiger partial charge in [-0.25, -0.2) is 0 Å². The fraction of sp³-hybridized carbons (Fsp3) is 0.308. The van der Waals surface area contributed by atoms with Gasteiger partial charge in [0.2, 0.25) is 0 Å². The molecule has 0 amide bonds. The van der Waals surface area contributed by atoms with Gasteiger partial charge in [-0.15, -0.1) is 0 Å². The Morgan fingerprint density at radius 2 is 1.10 bits per heavy atom. The molecule has 0 aliphatic rings. The molecule has 1 unspecified atom stereocenters. The summed E-state index contributed by atoms with van der Waals surface area (Å²) < 4.78 is 25.5. The smallest absolute Gasteiger partial charge is 0.127 e. The molecule has 0 aliphatic carbocycles. The Bertz CT molecular complexity index is 1010. The van der Waals surface area contributed by atoms with Gasteiger partial charge in [-0.05, 0) is 80.9 Å². The molecule has 3 nitrogen and oxygen atoms in total. The average molecular weight is 423 g/mol. The van der Waals surface area contributed by atoms with Crippen molar-refractivity contribution in [2.24, 2.45) is 0 Å². The molecule has 0 heterocycles. The van der Waals surface area contributed by atoms with Crippen molar-refractivity contribution in [1.82, 2.24) is 0 Å². The molecule has 3 aromatic carbocycles. The van der Waals surface area contributed by atoms with Gasteiger partial charge in [0.1, 0.15) is 18.6 Å². The summed E-state index contributed by atoms with van der Waals surface area (Å²) in [7, 11) is 0.374. The topological polar surface area (TPSA) is 35.5 Å². The molecule has 0 bridgehead atoms. The third-order valence-corrected chi connectivity index (χ3v) is 10.0. The molecule has 0 saturated carbocycles. The van der Waals surface area contributed by atoms with Gasteiger partial charge in [-0.2, -0.15) is 0 Å². The van der Waals surface area contributed by atoms with Crippen LogP contribution in [0.3, 0.4) is 0 Å². The summed E-state index contributed by atoms with van der Waals surface area (Å²) in [5.74, 6) is 1.56. The molecular weight excluding hydrogens is 391 g/mol. The first-order valence-electron chi connectivity index (χ1n) is 10.1. The first-order chi connectivity index (χ1) is 14.1. The van der Waals surface area contributed by atoms with Gasteiger partial charge in [0.05, 0.1) is 19.4 Å². The molecule has 0 saturated heterocycles. The zero-order valence-corrected chi connectivity index (χ0v) is 19.8. The third-order valence-electron chi connectivity index (χ3n) is 6.22. The summed E-state index contributed by atoms with van der Waals surface area (Å²) in [4.78, 5) is 0. The van der Waals surface area contributed by atoms with E-state index >= 15 is 0 Å². The van der Waals surface area contributed by atoms with Gasteiger partial charge < -0.3 is 14.0 Å². The second-order valence-corrected chi connectivity index (χ2v) is 11.4. The van der Waals surface area contributed by atoms with E-state index in [4.69, 9.17) is 9.47 Å². The zero-order chi connectivity index (χ0) is 22.1. The largest absolute Gasteiger partial charge is 0.497 e. The minimum atomic E-state index is -2.93. The van der Waals surface area contributed by atoms with E-state index in [0.29, 0.717) is 0 Å². The molecule has 0 aromatic heterocycles. The Kier molecular flexibility index (Phi) is 6.15. The maximum absolute atomic E-state index is 14.8. The van der Waals surface area contributed by atoms with Crippen LogP contribution in [0.1, 0.15) is 34.7 Å². The van der Waals surface area contributed by atoms with Crippen LogP contribution in [0.2, 0.25) is 0 Å². The van der Waals surface area contributed by atoms with Gasteiger partial charge in [0.25, 0.3) is 0 Å². The van der Waals surface area contributed by atoms with Crippen molar-refractivity contribution in [2.75, 3.05) is 20.9 Å². The Labute approximate surface area is 180 Å². The zero-order valence-electron chi connectivity index (χ0n) is 18.9. The molecule has 158 valence electrons. The van der Waals surface area contributed by atoms with Crippen molar-refractivity contribution in [3.63, 3.8) is 0 Å². The normalized spacial score (nSPS) is 13.6. The number of benzene rings is 3. The number of ether oxygens (including phenoxy) is 2. The SMILES string of the molecule is COc1ccc(C(C)(c2ccc(OC)cc2)P(C)(=O)c2c(C)cc(C)cc2C)cc1. The fourth-order valence-electron chi connectivity index (χ4n) is 4.56. The van der Waals surface area contributed by atoms with Crippen molar-refractivity contribution in [1.29, 1.82) is 0 Å². The van der Waals surface area contributed by atoms with Crippen LogP contribution in [0.4, 0.5) is 0 Å². The van der Waals surface area contributed by atoms with Crippen molar-refractivity contribution < 1.29 is 14.0 Å². The van der Waals surface area contributed by atoms with E-state index in [9.17, 15) is 4.57 Å². The number of rotatable bonds is 6. The van der Waals surface area contributed by atoms with E-state index in [1.54, 1.807) is 14.2 Å². The van der Waals surface area contributed by atoms with Crippen LogP contribution in [0, 0.1) is 20.8 Å². The summed E-state index contributed by atoms with van der Waals surface area (Å²) in [5.41, 5.74) is 5.33. The molecule has 3 aromatic rings. The van der Waals surface area contributed by atoms with Crippen LogP contribution in [-0.4, -0.2) is 20.9 Å². The number of hydrogen-bond donors (Lipinski definition) is 0. The standard InChI is InChI=1S/C26H31O3P/c1-18-16-19(2)25(20(3)17-18)30(7,27)26(4,21-8-12-23(28-5)13-9-21)22-10-14-24(29-6)15-11-22/h8-17H,1-7H3. The lowest BCUT2D eigenvalue weighted by Crippen LogP contribution is -2.31. The van der Waals surface area contributed by atoms with E-state index in [1.165, 1.54) is 5.56 Å². The lowest BCUT2D eigenvalue weighted by Gasteiger charge is -2.39. The maximum atomic E-state index is 14.8. The monoisotopic (exact) mass is 422 g/mol. The minimum absolute atomic E-state index is 0.712. The highest BCUT2D eigenvalue weighted by Crippen LogP contribution is 2.63. The molecule has 0 radical (unpaired) electrons. The Morgan fingerprint density at radius 3 is 1.43 bits per heavy atom. The molecule has 30 heavy (non-hydrogen) atoms. The number of hydrogen-bond acceptors (Lipinski definition) is 3. The van der Waals surface area contributed by atoms with Crippen molar-refractivity contribution >= 4 is 12.4 Å². The van der Waals surface area contributed by atoms with Crippen molar-refractivity contribution in [2.45, 2.75) is 32.9 Å². The molecule has 0 fully saturated rings. The Balaban J connectivity index is 2.31. The van der Waals surface area contributed by atoms with E-state index in [1.807, 2.05) is 55.2 Å². The van der Waals surface area contributed by atoms with E-state index < -0.39 is 12.3 Å². The molecule has 4 heteroatoms. The average Bonchev–Trinajstić information content (AvgIpc) is 2.72. The van der Waals surface area contributed by atoms with E-state index in [2.05, 4.69) is 39.8 Å². The van der Waals surface area contributed by atoms with Gasteiger partial charge in [0, 0.05) is 5.30 Å². The summed E-state index contributed by atoms with van der Waals surface area (Å²) in [6.45, 7) is 10.2. The third kappa shape index (κ3) is 3.68. The predicted molar refractivity (Wildman–Crippen MR) is 126 cm³/mol. The molecule has 0 spiro atoms. The fourth-order valence-corrected chi connectivity index (χ4v) is 7.77. The summed E-state index contributed by atoms with van der Waals surface area (Å²) in [6.07, 6.45) is 0. The van der Waals surface area contributed by atoms with Crippen LogP contribution >= 0.6 is 7.14 Å². The number of methoxy groups -OCH3 is 2. The highest BCUT2D eigenvalue weighted by Gasteiger charge is 2.46. The summed E-state index contributed by atoms with van der Waals surface area (Å²) >= 11 is 0. The Hall–Kier alpha value is -2.51. The van der Waals surface area contributed by atoms with Gasteiger partial charge in [-0.1, -0.05) is 42.0 Å². The first kappa shape index (κ1) is 22.2. The number of aryl methyl sites for hydroxylation is 3. The van der Waals surface area contributed by atoms with Gasteiger partial charge >= 0.3 is 0 Å². The summed E-state index contributed by atoms with van der Waals surface area (Å²) in [6, 6.07) is 20.1. The van der Waals surface area contributed by atoms with Crippen molar-refractivity contribution in [3.05, 3.63) is 88.5 Å². The van der Waals surface area contributed by atoms with Crippen LogP contribution < -0.4 is 14.8 Å². The lowest BCUT2D eigenvalue weighted by atomic mass is 9.92. The van der Waals surface area contributed by atoms with E-state index in [0.717, 1.165) is 39.1 Å². The van der Waals surface area contributed by atoms with Crippen molar-refractivity contribution in [3.8, 4) is 11.5 Å². The molecule has 1 atom stereocenters. The molecule has 0 aliphatic heterocycles. The second-order valence-electron chi connectivity index (χ2n) is 8.20. The van der Waals surface area contributed by atoms with Crippen LogP contribution in [0.5, 0.6) is 11.5 Å². The summed E-state index contributed by atoms with van der Waals surface area (Å²) in [5, 5.41) is 0.248. The molecule has 0 N–H and O–H groups in total. The minimum Gasteiger partial charge on any atom is -0.497 e. The highest BCUT2D eigenvalue weighted by molar-refractivity contribution is 7.72. The van der Waals surface area contributed by atoms with Gasteiger partial charge in [-0.3, -0.25) is 0 Å². The molecular formula is C26H31O3P. The van der Waals surface area contributed by atoms with Gasteiger partial charge in [0.15, 0.2) is 0 Å². The molecule has 3 rings (SSSR count). The van der Waals surface area contributed by atoms with E-state index in [-0.39, 0.29) is 0 Å².